The summed E-state index contributed by atoms with van der Waals surface area (Å²) in [7, 11) is 0. The fourth-order valence-electron chi connectivity index (χ4n) is 2.76. The van der Waals surface area contributed by atoms with Gasteiger partial charge in [0.1, 0.15) is 11.5 Å². The van der Waals surface area contributed by atoms with Crippen molar-refractivity contribution in [1.82, 2.24) is 18.9 Å². The first-order valence-corrected chi connectivity index (χ1v) is 8.04. The van der Waals surface area contributed by atoms with Crippen LogP contribution in [-0.2, 0) is 6.54 Å². The highest BCUT2D eigenvalue weighted by Gasteiger charge is 2.15. The van der Waals surface area contributed by atoms with Crippen molar-refractivity contribution in [2.24, 2.45) is 0 Å². The highest BCUT2D eigenvalue weighted by atomic mass is 35.5. The fraction of sp³-hybridized carbons (Fsp3) is 0.0556. The number of aromatic nitrogens is 4. The minimum absolute atomic E-state index is 0.206. The molecule has 0 atom stereocenters. The third kappa shape index (κ3) is 2.88. The second-order valence-electron chi connectivity index (χ2n) is 5.61. The molecule has 4 rings (SSSR count). The third-order valence-electron chi connectivity index (χ3n) is 3.96. The molecule has 4 aromatic rings. The van der Waals surface area contributed by atoms with Crippen LogP contribution in [0, 0.1) is 0 Å². The van der Waals surface area contributed by atoms with E-state index in [-0.39, 0.29) is 5.82 Å². The smallest absolute Gasteiger partial charge is 0.349 e. The number of nitrogens with zero attached hydrogens (tertiary/aromatic N) is 4. The molecule has 0 saturated heterocycles. The Morgan fingerprint density at radius 1 is 1.00 bits per heavy atom. The summed E-state index contributed by atoms with van der Waals surface area (Å²) >= 11 is 5.99. The molecule has 0 aliphatic rings. The van der Waals surface area contributed by atoms with E-state index in [9.17, 15) is 4.79 Å². The molecule has 0 bridgehead atoms. The number of nitrogens with two attached hydrogens (primary N) is 1. The van der Waals surface area contributed by atoms with Crippen LogP contribution in [0.4, 0.5) is 5.82 Å². The molecular weight excluding hydrogens is 338 g/mol. The Balaban J connectivity index is 1.90. The van der Waals surface area contributed by atoms with Crippen molar-refractivity contribution in [3.8, 4) is 11.3 Å². The highest BCUT2D eigenvalue weighted by molar-refractivity contribution is 6.30. The van der Waals surface area contributed by atoms with Crippen LogP contribution in [0.1, 0.15) is 5.69 Å². The first-order chi connectivity index (χ1) is 12.1. The van der Waals surface area contributed by atoms with E-state index in [0.717, 1.165) is 22.6 Å². The zero-order valence-corrected chi connectivity index (χ0v) is 13.9. The largest absolute Gasteiger partial charge is 0.383 e. The van der Waals surface area contributed by atoms with Crippen molar-refractivity contribution >= 4 is 23.1 Å². The number of nitrogen functional groups attached to an aromatic ring is 1. The lowest BCUT2D eigenvalue weighted by Gasteiger charge is -2.08. The fourth-order valence-corrected chi connectivity index (χ4v) is 2.89. The monoisotopic (exact) mass is 351 g/mol. The molecule has 6 nitrogen and oxygen atoms in total. The first-order valence-electron chi connectivity index (χ1n) is 7.67. The molecule has 0 spiro atoms. The number of fused-ring (bicyclic) bond motifs is 1. The third-order valence-corrected chi connectivity index (χ3v) is 4.21. The van der Waals surface area contributed by atoms with Crippen LogP contribution < -0.4 is 11.4 Å². The lowest BCUT2D eigenvalue weighted by molar-refractivity contribution is 0.709. The number of benzene rings is 1. The van der Waals surface area contributed by atoms with Crippen LogP contribution in [0.15, 0.2) is 65.7 Å². The Labute approximate surface area is 148 Å². The topological polar surface area (TPSA) is 78.2 Å². The van der Waals surface area contributed by atoms with Gasteiger partial charge in [-0.25, -0.2) is 9.78 Å². The lowest BCUT2D eigenvalue weighted by atomic mass is 10.1. The van der Waals surface area contributed by atoms with E-state index in [1.807, 2.05) is 53.1 Å². The van der Waals surface area contributed by atoms with Gasteiger partial charge in [-0.15, -0.1) is 0 Å². The summed E-state index contributed by atoms with van der Waals surface area (Å²) in [5.41, 5.74) is 8.59. The Morgan fingerprint density at radius 3 is 2.56 bits per heavy atom. The van der Waals surface area contributed by atoms with Gasteiger partial charge in [0.15, 0.2) is 0 Å². The summed E-state index contributed by atoms with van der Waals surface area (Å²) in [6, 6.07) is 14.8. The van der Waals surface area contributed by atoms with Crippen LogP contribution in [0.25, 0.3) is 16.9 Å². The summed E-state index contributed by atoms with van der Waals surface area (Å²) < 4.78 is 3.47. The number of hydrogen-bond donors (Lipinski definition) is 1. The first kappa shape index (κ1) is 15.4. The molecule has 3 aromatic heterocycles. The molecule has 0 fully saturated rings. The van der Waals surface area contributed by atoms with Gasteiger partial charge in [-0.05, 0) is 30.3 Å². The van der Waals surface area contributed by atoms with Gasteiger partial charge in [0.2, 0.25) is 0 Å². The van der Waals surface area contributed by atoms with Crippen LogP contribution in [0.3, 0.4) is 0 Å². The molecule has 0 unspecified atom stereocenters. The summed E-state index contributed by atoms with van der Waals surface area (Å²) in [4.78, 5) is 20.6. The molecule has 124 valence electrons. The normalized spacial score (nSPS) is 11.1. The molecule has 2 N–H and O–H groups in total. The second-order valence-corrected chi connectivity index (χ2v) is 6.04. The minimum Gasteiger partial charge on any atom is -0.383 e. The Bertz CT molecular complexity index is 1110. The van der Waals surface area contributed by atoms with Crippen molar-refractivity contribution in [3.63, 3.8) is 0 Å². The van der Waals surface area contributed by atoms with Crippen molar-refractivity contribution in [2.75, 3.05) is 5.73 Å². The van der Waals surface area contributed by atoms with Crippen molar-refractivity contribution in [1.29, 1.82) is 0 Å². The zero-order chi connectivity index (χ0) is 17.4. The van der Waals surface area contributed by atoms with Crippen molar-refractivity contribution < 1.29 is 0 Å². The van der Waals surface area contributed by atoms with E-state index in [1.165, 1.54) is 4.57 Å². The average molecular weight is 352 g/mol. The quantitative estimate of drug-likeness (QED) is 0.615. The van der Waals surface area contributed by atoms with E-state index in [2.05, 4.69) is 4.98 Å². The number of halogens is 1. The SMILES string of the molecule is Nc1ccn(Cc2c(-c3ccc(Cl)cc3)nc3ccccn23)c(=O)n1. The maximum Gasteiger partial charge on any atom is 0.349 e. The average Bonchev–Trinajstić information content (AvgIpc) is 2.97. The number of rotatable bonds is 3. The number of pyridine rings is 1. The highest BCUT2D eigenvalue weighted by Crippen LogP contribution is 2.26. The molecule has 0 radical (unpaired) electrons. The molecule has 0 saturated carbocycles. The van der Waals surface area contributed by atoms with E-state index < -0.39 is 5.69 Å². The predicted octanol–water partition coefficient (Wildman–Crippen LogP) is 2.84. The molecule has 1 aromatic carbocycles. The maximum absolute atomic E-state index is 12.1. The van der Waals surface area contributed by atoms with Crippen LogP contribution in [0.5, 0.6) is 0 Å². The van der Waals surface area contributed by atoms with Gasteiger partial charge in [-0.3, -0.25) is 4.57 Å². The summed E-state index contributed by atoms with van der Waals surface area (Å²) in [6.45, 7) is 0.329. The number of imidazole rings is 1. The summed E-state index contributed by atoms with van der Waals surface area (Å²) in [5, 5.41) is 0.660. The Morgan fingerprint density at radius 2 is 1.80 bits per heavy atom. The van der Waals surface area contributed by atoms with Gasteiger partial charge in [-0.1, -0.05) is 29.8 Å². The van der Waals surface area contributed by atoms with E-state index in [1.54, 1.807) is 12.3 Å². The lowest BCUT2D eigenvalue weighted by Crippen LogP contribution is -2.24. The van der Waals surface area contributed by atoms with E-state index in [0.29, 0.717) is 11.6 Å². The minimum atomic E-state index is -0.395. The van der Waals surface area contributed by atoms with Gasteiger partial charge in [-0.2, -0.15) is 4.98 Å². The summed E-state index contributed by atoms with van der Waals surface area (Å²) in [5.74, 6) is 0.206. The van der Waals surface area contributed by atoms with E-state index >= 15 is 0 Å². The van der Waals surface area contributed by atoms with Crippen LogP contribution in [0.2, 0.25) is 5.02 Å². The molecule has 0 aliphatic carbocycles. The van der Waals surface area contributed by atoms with Crippen LogP contribution >= 0.6 is 11.6 Å². The van der Waals surface area contributed by atoms with Gasteiger partial charge in [0, 0.05) is 23.0 Å². The molecular formula is C18H14ClN5O. The molecule has 0 aliphatic heterocycles. The van der Waals surface area contributed by atoms with Gasteiger partial charge < -0.3 is 10.1 Å². The van der Waals surface area contributed by atoms with Gasteiger partial charge >= 0.3 is 5.69 Å². The second kappa shape index (κ2) is 6.07. The molecule has 3 heterocycles. The Hall–Kier alpha value is -3.12. The van der Waals surface area contributed by atoms with Gasteiger partial charge in [0.25, 0.3) is 0 Å². The van der Waals surface area contributed by atoms with E-state index in [4.69, 9.17) is 22.3 Å². The van der Waals surface area contributed by atoms with Crippen LogP contribution in [-0.4, -0.2) is 18.9 Å². The molecule has 0 amide bonds. The number of anilines is 1. The van der Waals surface area contributed by atoms with Crippen molar-refractivity contribution in [2.45, 2.75) is 6.54 Å². The predicted molar refractivity (Wildman–Crippen MR) is 97.6 cm³/mol. The standard InChI is InChI=1S/C18H14ClN5O/c19-13-6-4-12(5-7-13)17-14(24-9-2-1-3-16(24)22-17)11-23-10-8-15(20)21-18(23)25/h1-10H,11H2,(H2,20,21,25). The van der Waals surface area contributed by atoms with Gasteiger partial charge in [0.05, 0.1) is 17.9 Å². The van der Waals surface area contributed by atoms with Crippen molar-refractivity contribution in [3.05, 3.63) is 82.1 Å². The maximum atomic E-state index is 12.1. The number of hydrogen-bond acceptors (Lipinski definition) is 4. The molecule has 25 heavy (non-hydrogen) atoms. The zero-order valence-electron chi connectivity index (χ0n) is 13.1. The Kier molecular flexibility index (Phi) is 3.74. The molecule has 7 heteroatoms. The summed E-state index contributed by atoms with van der Waals surface area (Å²) in [6.07, 6.45) is 3.56.